The Morgan fingerprint density at radius 3 is 2.74 bits per heavy atom. The van der Waals surface area contributed by atoms with Gasteiger partial charge in [0.2, 0.25) is 11.2 Å². The normalized spacial score (nSPS) is 13.4. The lowest BCUT2D eigenvalue weighted by atomic mass is 9.97. The summed E-state index contributed by atoms with van der Waals surface area (Å²) in [6.45, 7) is -0.0572. The van der Waals surface area contributed by atoms with Crippen molar-refractivity contribution in [3.63, 3.8) is 0 Å². The maximum absolute atomic E-state index is 12.5. The zero-order valence-corrected chi connectivity index (χ0v) is 16.5. The number of rotatable bonds is 8. The fourth-order valence-electron chi connectivity index (χ4n) is 3.53. The Kier molecular flexibility index (Phi) is 5.99. The number of hydrogen-bond donors (Lipinski definition) is 2. The fourth-order valence-corrected chi connectivity index (χ4v) is 3.53. The van der Waals surface area contributed by atoms with E-state index >= 15 is 0 Å². The van der Waals surface area contributed by atoms with Crippen LogP contribution in [-0.4, -0.2) is 42.0 Å². The minimum atomic E-state index is -0.529. The summed E-state index contributed by atoms with van der Waals surface area (Å²) in [5, 5.41) is 13.1. The molecule has 1 amide bonds. The van der Waals surface area contributed by atoms with Gasteiger partial charge in [-0.1, -0.05) is 12.1 Å². The van der Waals surface area contributed by atoms with Gasteiger partial charge in [-0.15, -0.1) is 0 Å². The molecule has 0 aliphatic carbocycles. The Labute approximate surface area is 177 Å². The molecule has 31 heavy (non-hydrogen) atoms. The second-order valence-electron chi connectivity index (χ2n) is 7.20. The molecule has 158 valence electrons. The number of aromatic hydroxyl groups is 1. The van der Waals surface area contributed by atoms with Crippen LogP contribution in [0.15, 0.2) is 63.1 Å². The number of nitrogens with zero attached hydrogens (tertiary/aromatic N) is 2. The zero-order valence-electron chi connectivity index (χ0n) is 16.5. The summed E-state index contributed by atoms with van der Waals surface area (Å²) in [5.41, 5.74) is 3.34. The van der Waals surface area contributed by atoms with Crippen LogP contribution in [-0.2, 0) is 6.42 Å². The zero-order chi connectivity index (χ0) is 21.8. The molecule has 2 aromatic heterocycles. The summed E-state index contributed by atoms with van der Waals surface area (Å²) in [7, 11) is 0. The van der Waals surface area contributed by atoms with Crippen molar-refractivity contribution < 1.29 is 18.7 Å². The van der Waals surface area contributed by atoms with Crippen LogP contribution >= 0.6 is 0 Å². The van der Waals surface area contributed by atoms with Gasteiger partial charge in [0, 0.05) is 60.7 Å². The standard InChI is InChI=1S/C23H20FN3O4/c24-6-7-25-11-17(22-21(29)20(28)5-8-31-22)10-18-3-1-15(12-26-18)14-2-4-19-16(9-14)13-27-23(19)30/h1-5,8-9,12-13,17,25,29H,6-7,10-11H2. The van der Waals surface area contributed by atoms with E-state index < -0.39 is 23.8 Å². The highest BCUT2D eigenvalue weighted by Gasteiger charge is 2.21. The highest BCUT2D eigenvalue weighted by molar-refractivity contribution is 6.13. The molecule has 0 fully saturated rings. The van der Waals surface area contributed by atoms with Crippen LogP contribution in [0.25, 0.3) is 11.1 Å². The van der Waals surface area contributed by atoms with Crippen LogP contribution in [0.5, 0.6) is 5.75 Å². The average molecular weight is 421 g/mol. The first-order valence-electron chi connectivity index (χ1n) is 9.82. The Bertz CT molecular complexity index is 1190. The van der Waals surface area contributed by atoms with Gasteiger partial charge in [-0.2, -0.15) is 0 Å². The number of halogens is 1. The summed E-state index contributed by atoms with van der Waals surface area (Å²) in [6.07, 6.45) is 4.89. The molecule has 0 radical (unpaired) electrons. The van der Waals surface area contributed by atoms with E-state index in [2.05, 4.69) is 15.3 Å². The molecule has 1 aliphatic rings. The average Bonchev–Trinajstić information content (AvgIpc) is 3.16. The maximum Gasteiger partial charge on any atom is 0.277 e. The van der Waals surface area contributed by atoms with Gasteiger partial charge in [0.1, 0.15) is 6.67 Å². The van der Waals surface area contributed by atoms with Crippen LogP contribution in [0, 0.1) is 0 Å². The molecular formula is C23H20FN3O4. The van der Waals surface area contributed by atoms with Crippen molar-refractivity contribution in [3.8, 4) is 16.9 Å². The van der Waals surface area contributed by atoms with Gasteiger partial charge in [0.05, 0.1) is 11.8 Å². The number of pyridine rings is 1. The van der Waals surface area contributed by atoms with Gasteiger partial charge in [0.25, 0.3) is 5.91 Å². The van der Waals surface area contributed by atoms with Crippen LogP contribution in [0.3, 0.4) is 0 Å². The maximum atomic E-state index is 12.5. The highest BCUT2D eigenvalue weighted by atomic mass is 19.1. The molecule has 1 atom stereocenters. The topological polar surface area (TPSA) is 105 Å². The molecule has 4 rings (SSSR count). The van der Waals surface area contributed by atoms with Crippen molar-refractivity contribution in [1.29, 1.82) is 0 Å². The molecule has 2 N–H and O–H groups in total. The SMILES string of the molecule is O=C1N=Cc2cc(-c3ccc(CC(CNCCF)c4occc(=O)c4O)nc3)ccc21. The quantitative estimate of drug-likeness (QED) is 0.542. The number of alkyl halides is 1. The molecule has 3 heterocycles. The second-order valence-corrected chi connectivity index (χ2v) is 7.20. The lowest BCUT2D eigenvalue weighted by Crippen LogP contribution is -2.25. The molecule has 8 heteroatoms. The van der Waals surface area contributed by atoms with E-state index in [0.717, 1.165) is 28.5 Å². The first-order valence-corrected chi connectivity index (χ1v) is 9.82. The van der Waals surface area contributed by atoms with Gasteiger partial charge in [-0.25, -0.2) is 9.38 Å². The number of carbonyl (C=O) groups excluding carboxylic acids is 1. The smallest absolute Gasteiger partial charge is 0.277 e. The fraction of sp³-hybridized carbons (Fsp3) is 0.217. The third kappa shape index (κ3) is 4.44. The van der Waals surface area contributed by atoms with E-state index in [1.165, 1.54) is 6.26 Å². The molecular weight excluding hydrogens is 401 g/mol. The van der Waals surface area contributed by atoms with Crippen molar-refractivity contribution in [3.05, 3.63) is 81.7 Å². The van der Waals surface area contributed by atoms with Crippen molar-refractivity contribution >= 4 is 12.1 Å². The third-order valence-electron chi connectivity index (χ3n) is 5.13. The number of carbonyl (C=O) groups is 1. The third-order valence-corrected chi connectivity index (χ3v) is 5.13. The number of benzene rings is 1. The molecule has 0 spiro atoms. The molecule has 1 aromatic carbocycles. The van der Waals surface area contributed by atoms with Gasteiger partial charge < -0.3 is 14.8 Å². The van der Waals surface area contributed by atoms with Gasteiger partial charge in [0.15, 0.2) is 5.76 Å². The molecule has 7 nitrogen and oxygen atoms in total. The number of nitrogens with one attached hydrogen (secondary N) is 1. The molecule has 3 aromatic rings. The first kappa shape index (κ1) is 20.6. The van der Waals surface area contributed by atoms with E-state index in [-0.39, 0.29) is 18.2 Å². The van der Waals surface area contributed by atoms with Crippen molar-refractivity contribution in [2.24, 2.45) is 4.99 Å². The summed E-state index contributed by atoms with van der Waals surface area (Å²) in [4.78, 5) is 31.7. The number of hydrogen-bond acceptors (Lipinski definition) is 6. The molecule has 0 saturated heterocycles. The van der Waals surface area contributed by atoms with E-state index in [4.69, 9.17) is 4.42 Å². The lowest BCUT2D eigenvalue weighted by Gasteiger charge is -2.17. The molecule has 0 saturated carbocycles. The van der Waals surface area contributed by atoms with Gasteiger partial charge in [-0.3, -0.25) is 14.6 Å². The summed E-state index contributed by atoms with van der Waals surface area (Å²) in [5.74, 6) is -0.938. The van der Waals surface area contributed by atoms with E-state index in [9.17, 15) is 19.1 Å². The number of aliphatic imine (C=N–C) groups is 1. The lowest BCUT2D eigenvalue weighted by molar-refractivity contribution is 0.101. The van der Waals surface area contributed by atoms with Crippen LogP contribution < -0.4 is 10.7 Å². The largest absolute Gasteiger partial charge is 0.502 e. The van der Waals surface area contributed by atoms with Crippen molar-refractivity contribution in [2.75, 3.05) is 19.8 Å². The van der Waals surface area contributed by atoms with Crippen molar-refractivity contribution in [1.82, 2.24) is 10.3 Å². The Morgan fingerprint density at radius 2 is 1.97 bits per heavy atom. The minimum absolute atomic E-state index is 0.146. The van der Waals surface area contributed by atoms with Gasteiger partial charge >= 0.3 is 0 Å². The number of fused-ring (bicyclic) bond motifs is 1. The summed E-state index contributed by atoms with van der Waals surface area (Å²) < 4.78 is 17.9. The number of aromatic nitrogens is 1. The van der Waals surface area contributed by atoms with E-state index in [0.29, 0.717) is 18.5 Å². The van der Waals surface area contributed by atoms with Crippen LogP contribution in [0.4, 0.5) is 4.39 Å². The van der Waals surface area contributed by atoms with Gasteiger partial charge in [-0.05, 0) is 23.8 Å². The predicted molar refractivity (Wildman–Crippen MR) is 114 cm³/mol. The molecule has 0 bridgehead atoms. The second kappa shape index (κ2) is 9.01. The van der Waals surface area contributed by atoms with Crippen LogP contribution in [0.2, 0.25) is 0 Å². The Hall–Kier alpha value is -3.65. The first-order chi connectivity index (χ1) is 15.1. The summed E-state index contributed by atoms with van der Waals surface area (Å²) >= 11 is 0. The van der Waals surface area contributed by atoms with E-state index in [1.807, 2.05) is 24.3 Å². The summed E-state index contributed by atoms with van der Waals surface area (Å²) in [6, 6.07) is 10.4. The predicted octanol–water partition coefficient (Wildman–Crippen LogP) is 2.87. The number of amides is 1. The molecule has 1 aliphatic heterocycles. The monoisotopic (exact) mass is 421 g/mol. The van der Waals surface area contributed by atoms with E-state index in [1.54, 1.807) is 18.5 Å². The van der Waals surface area contributed by atoms with Crippen LogP contribution in [0.1, 0.15) is 33.3 Å². The minimum Gasteiger partial charge on any atom is -0.502 e. The Morgan fingerprint density at radius 1 is 1.13 bits per heavy atom. The highest BCUT2D eigenvalue weighted by Crippen LogP contribution is 2.27. The Balaban J connectivity index is 1.55. The molecule has 1 unspecified atom stereocenters. The van der Waals surface area contributed by atoms with Crippen molar-refractivity contribution in [2.45, 2.75) is 12.3 Å².